The Morgan fingerprint density at radius 2 is 2.04 bits per heavy atom. The first-order valence-electron chi connectivity index (χ1n) is 8.23. The molecular formula is C19H17NO5S. The van der Waals surface area contributed by atoms with Crippen LogP contribution in [0.15, 0.2) is 47.0 Å². The Morgan fingerprint density at radius 1 is 1.27 bits per heavy atom. The number of ketones is 1. The Kier molecular flexibility index (Phi) is 3.96. The van der Waals surface area contributed by atoms with Crippen LogP contribution in [0.4, 0.5) is 5.69 Å². The van der Waals surface area contributed by atoms with E-state index in [2.05, 4.69) is 0 Å². The van der Waals surface area contributed by atoms with Gasteiger partial charge in [-0.2, -0.15) is 0 Å². The molecule has 1 N–H and O–H groups in total. The lowest BCUT2D eigenvalue weighted by molar-refractivity contribution is -0.119. The van der Waals surface area contributed by atoms with Gasteiger partial charge >= 0.3 is 0 Å². The highest BCUT2D eigenvalue weighted by Crippen LogP contribution is 2.45. The number of thiophene rings is 1. The Morgan fingerprint density at radius 3 is 2.73 bits per heavy atom. The number of nitrogens with zero attached hydrogens (tertiary/aromatic N) is 1. The van der Waals surface area contributed by atoms with Gasteiger partial charge in [0.25, 0.3) is 5.91 Å². The Bertz CT molecular complexity index is 916. The van der Waals surface area contributed by atoms with Crippen molar-refractivity contribution in [1.29, 1.82) is 0 Å². The van der Waals surface area contributed by atoms with Crippen LogP contribution in [0.3, 0.4) is 0 Å². The lowest BCUT2D eigenvalue weighted by atomic mass is 9.94. The largest absolute Gasteiger partial charge is 0.503 e. The van der Waals surface area contributed by atoms with Crippen LogP contribution in [0.5, 0.6) is 11.5 Å². The average molecular weight is 371 g/mol. The van der Waals surface area contributed by atoms with Gasteiger partial charge in [0.1, 0.15) is 6.04 Å². The number of fused-ring (bicyclic) bond motifs is 1. The Balaban J connectivity index is 1.84. The summed E-state index contributed by atoms with van der Waals surface area (Å²) in [5, 5.41) is 12.4. The highest BCUT2D eigenvalue weighted by Gasteiger charge is 2.45. The van der Waals surface area contributed by atoms with Crippen molar-refractivity contribution in [2.45, 2.75) is 19.9 Å². The first kappa shape index (κ1) is 16.7. The highest BCUT2D eigenvalue weighted by atomic mass is 32.1. The summed E-state index contributed by atoms with van der Waals surface area (Å²) in [7, 11) is 0. The summed E-state index contributed by atoms with van der Waals surface area (Å²) < 4.78 is 10.7. The van der Waals surface area contributed by atoms with Gasteiger partial charge in [0.05, 0.1) is 5.57 Å². The number of carbonyl (C=O) groups is 2. The minimum atomic E-state index is -0.655. The van der Waals surface area contributed by atoms with Crippen molar-refractivity contribution in [2.24, 2.45) is 5.92 Å². The first-order valence-corrected chi connectivity index (χ1v) is 9.11. The van der Waals surface area contributed by atoms with Gasteiger partial charge in [0.2, 0.25) is 6.79 Å². The minimum Gasteiger partial charge on any atom is -0.503 e. The molecule has 6 nitrogen and oxygen atoms in total. The van der Waals surface area contributed by atoms with Crippen LogP contribution in [0, 0.1) is 5.92 Å². The number of rotatable bonds is 4. The molecule has 0 bridgehead atoms. The summed E-state index contributed by atoms with van der Waals surface area (Å²) in [6.45, 7) is 3.63. The summed E-state index contributed by atoms with van der Waals surface area (Å²) in [4.78, 5) is 27.8. The van der Waals surface area contributed by atoms with Gasteiger partial charge in [-0.3, -0.25) is 14.5 Å². The van der Waals surface area contributed by atoms with Crippen LogP contribution in [-0.2, 0) is 9.59 Å². The molecule has 1 aromatic carbocycles. The molecule has 0 saturated heterocycles. The average Bonchev–Trinajstić information content (AvgIpc) is 3.34. The standard InChI is InChI=1S/C19H17NO5S/c1-10(2)17(21)15-16(14-4-3-7-26-14)20(19(23)18(15)22)11-5-6-12-13(8-11)25-9-24-12/h3-8,10,16,22H,9H2,1-2H3. The number of carbonyl (C=O) groups excluding carboxylic acids is 2. The molecule has 7 heteroatoms. The van der Waals surface area contributed by atoms with E-state index >= 15 is 0 Å². The smallest absolute Gasteiger partial charge is 0.294 e. The second-order valence-corrected chi connectivity index (χ2v) is 7.39. The molecule has 0 fully saturated rings. The van der Waals surface area contributed by atoms with E-state index in [9.17, 15) is 14.7 Å². The quantitative estimate of drug-likeness (QED) is 0.889. The molecule has 2 aromatic rings. The number of hydrogen-bond acceptors (Lipinski definition) is 6. The van der Waals surface area contributed by atoms with E-state index in [4.69, 9.17) is 9.47 Å². The molecule has 1 aromatic heterocycles. The summed E-state index contributed by atoms with van der Waals surface area (Å²) >= 11 is 1.43. The van der Waals surface area contributed by atoms with E-state index in [1.807, 2.05) is 17.5 Å². The fourth-order valence-electron chi connectivity index (χ4n) is 3.19. The topological polar surface area (TPSA) is 76.1 Å². The number of benzene rings is 1. The second kappa shape index (κ2) is 6.17. The maximum absolute atomic E-state index is 12.8. The van der Waals surface area contributed by atoms with Gasteiger partial charge in [-0.1, -0.05) is 19.9 Å². The predicted molar refractivity (Wildman–Crippen MR) is 96.6 cm³/mol. The molecule has 134 valence electrons. The molecule has 0 aliphatic carbocycles. The first-order chi connectivity index (χ1) is 12.5. The Hall–Kier alpha value is -2.80. The van der Waals surface area contributed by atoms with Gasteiger partial charge in [0.15, 0.2) is 23.0 Å². The maximum atomic E-state index is 12.8. The molecule has 1 amide bonds. The molecule has 0 radical (unpaired) electrons. The summed E-state index contributed by atoms with van der Waals surface area (Å²) in [6, 6.07) is 8.19. The fraction of sp³-hybridized carbons (Fsp3) is 0.263. The van der Waals surface area contributed by atoms with Crippen molar-refractivity contribution in [3.63, 3.8) is 0 Å². The molecule has 4 rings (SSSR count). The Labute approximate surface area is 154 Å². The number of anilines is 1. The highest BCUT2D eigenvalue weighted by molar-refractivity contribution is 7.10. The van der Waals surface area contributed by atoms with E-state index in [1.165, 1.54) is 16.2 Å². The van der Waals surface area contributed by atoms with Crippen LogP contribution < -0.4 is 14.4 Å². The number of aliphatic hydroxyl groups excluding tert-OH is 1. The van der Waals surface area contributed by atoms with Crippen molar-refractivity contribution in [1.82, 2.24) is 0 Å². The molecule has 2 aliphatic rings. The van der Waals surface area contributed by atoms with Gasteiger partial charge in [-0.05, 0) is 23.6 Å². The molecule has 2 aliphatic heterocycles. The van der Waals surface area contributed by atoms with E-state index in [-0.39, 0.29) is 24.1 Å². The lowest BCUT2D eigenvalue weighted by Gasteiger charge is -2.26. The van der Waals surface area contributed by atoms with E-state index < -0.39 is 17.7 Å². The monoisotopic (exact) mass is 371 g/mol. The fourth-order valence-corrected chi connectivity index (χ4v) is 4.01. The van der Waals surface area contributed by atoms with Gasteiger partial charge in [-0.25, -0.2) is 0 Å². The lowest BCUT2D eigenvalue weighted by Crippen LogP contribution is -2.31. The van der Waals surface area contributed by atoms with Crippen molar-refractivity contribution < 1.29 is 24.2 Å². The van der Waals surface area contributed by atoms with E-state index in [0.717, 1.165) is 4.88 Å². The zero-order valence-corrected chi connectivity index (χ0v) is 15.1. The minimum absolute atomic E-state index is 0.127. The number of hydrogen-bond donors (Lipinski definition) is 1. The third kappa shape index (κ3) is 2.47. The predicted octanol–water partition coefficient (Wildman–Crippen LogP) is 3.60. The zero-order chi connectivity index (χ0) is 18.4. The normalized spacial score (nSPS) is 19.0. The molecule has 26 heavy (non-hydrogen) atoms. The SMILES string of the molecule is CC(C)C(=O)C1=C(O)C(=O)N(c2ccc3c(c2)OCO3)C1c1cccs1. The summed E-state index contributed by atoms with van der Waals surface area (Å²) in [5.41, 5.74) is 0.681. The van der Waals surface area contributed by atoms with Crippen molar-refractivity contribution >= 4 is 28.7 Å². The molecule has 3 heterocycles. The number of ether oxygens (including phenoxy) is 2. The third-order valence-corrected chi connectivity index (χ3v) is 5.37. The third-order valence-electron chi connectivity index (χ3n) is 4.44. The van der Waals surface area contributed by atoms with Gasteiger partial charge in [0, 0.05) is 22.5 Å². The van der Waals surface area contributed by atoms with Crippen LogP contribution in [0.1, 0.15) is 24.8 Å². The zero-order valence-electron chi connectivity index (χ0n) is 14.3. The molecule has 0 spiro atoms. The number of Topliss-reactive ketones (excluding diaryl/α,β-unsaturated/α-hetero) is 1. The van der Waals surface area contributed by atoms with Crippen LogP contribution in [0.2, 0.25) is 0 Å². The second-order valence-electron chi connectivity index (χ2n) is 6.41. The van der Waals surface area contributed by atoms with Gasteiger partial charge in [-0.15, -0.1) is 11.3 Å². The van der Waals surface area contributed by atoms with Crippen LogP contribution in [-0.4, -0.2) is 23.6 Å². The molecule has 1 atom stereocenters. The van der Waals surface area contributed by atoms with E-state index in [1.54, 1.807) is 32.0 Å². The summed E-state index contributed by atoms with van der Waals surface area (Å²) in [5.74, 6) is -0.519. The molecule has 0 saturated carbocycles. The van der Waals surface area contributed by atoms with E-state index in [0.29, 0.717) is 17.2 Å². The van der Waals surface area contributed by atoms with Crippen molar-refractivity contribution in [3.8, 4) is 11.5 Å². The maximum Gasteiger partial charge on any atom is 0.294 e. The number of amides is 1. The van der Waals surface area contributed by atoms with Crippen molar-refractivity contribution in [2.75, 3.05) is 11.7 Å². The van der Waals surface area contributed by atoms with Crippen LogP contribution >= 0.6 is 11.3 Å². The van der Waals surface area contributed by atoms with Gasteiger partial charge < -0.3 is 14.6 Å². The van der Waals surface area contributed by atoms with Crippen molar-refractivity contribution in [3.05, 3.63) is 51.9 Å². The molecule has 1 unspecified atom stereocenters. The molecular weight excluding hydrogens is 354 g/mol. The summed E-state index contributed by atoms with van der Waals surface area (Å²) in [6.07, 6.45) is 0. The van der Waals surface area contributed by atoms with Crippen LogP contribution in [0.25, 0.3) is 0 Å². The number of aliphatic hydroxyl groups is 1.